The molecular weight excluding hydrogens is 232 g/mol. The predicted octanol–water partition coefficient (Wildman–Crippen LogP) is 2.49. The van der Waals surface area contributed by atoms with Gasteiger partial charge < -0.3 is 9.47 Å². The van der Waals surface area contributed by atoms with Crippen molar-refractivity contribution >= 4 is 11.9 Å². The number of ether oxygens (including phenoxy) is 2. The lowest BCUT2D eigenvalue weighted by molar-refractivity contribution is 0.0583. The van der Waals surface area contributed by atoms with E-state index in [0.29, 0.717) is 11.1 Å². The number of hydrogen-bond donors (Lipinski definition) is 0. The van der Waals surface area contributed by atoms with Crippen LogP contribution < -0.4 is 0 Å². The van der Waals surface area contributed by atoms with Crippen molar-refractivity contribution in [1.82, 2.24) is 0 Å². The summed E-state index contributed by atoms with van der Waals surface area (Å²) in [5.41, 5.74) is 4.08. The molecule has 0 fully saturated rings. The van der Waals surface area contributed by atoms with E-state index < -0.39 is 0 Å². The number of hydrogen-bond acceptors (Lipinski definition) is 4. The highest BCUT2D eigenvalue weighted by molar-refractivity contribution is 5.99. The van der Waals surface area contributed by atoms with E-state index >= 15 is 0 Å². The summed E-state index contributed by atoms with van der Waals surface area (Å²) in [7, 11) is 2.69. The third-order valence-electron chi connectivity index (χ3n) is 3.40. The molecule has 0 aromatic heterocycles. The van der Waals surface area contributed by atoms with Gasteiger partial charge in [0.2, 0.25) is 0 Å². The largest absolute Gasteiger partial charge is 0.465 e. The zero-order valence-corrected chi connectivity index (χ0v) is 11.6. The molecule has 0 N–H and O–H groups in total. The van der Waals surface area contributed by atoms with Crippen molar-refractivity contribution < 1.29 is 19.1 Å². The first-order valence-electron chi connectivity index (χ1n) is 5.63. The fourth-order valence-electron chi connectivity index (χ4n) is 2.13. The second kappa shape index (κ2) is 5.21. The van der Waals surface area contributed by atoms with Crippen LogP contribution in [0.4, 0.5) is 0 Å². The monoisotopic (exact) mass is 250 g/mol. The van der Waals surface area contributed by atoms with E-state index in [9.17, 15) is 9.59 Å². The normalized spacial score (nSPS) is 10.1. The summed E-state index contributed by atoms with van der Waals surface area (Å²) >= 11 is 0. The number of methoxy groups -OCH3 is 2. The highest BCUT2D eigenvalue weighted by atomic mass is 16.5. The van der Waals surface area contributed by atoms with Crippen LogP contribution in [0.15, 0.2) is 0 Å². The Hall–Kier alpha value is -1.84. The molecule has 0 aliphatic rings. The first-order chi connectivity index (χ1) is 8.36. The van der Waals surface area contributed by atoms with Crippen LogP contribution >= 0.6 is 0 Å². The van der Waals surface area contributed by atoms with Gasteiger partial charge in [0.1, 0.15) is 0 Å². The summed E-state index contributed by atoms with van der Waals surface area (Å²) in [5, 5.41) is 0. The molecule has 0 saturated heterocycles. The van der Waals surface area contributed by atoms with Gasteiger partial charge in [0.05, 0.1) is 25.3 Å². The molecule has 0 aliphatic carbocycles. The Morgan fingerprint density at radius 1 is 0.667 bits per heavy atom. The summed E-state index contributed by atoms with van der Waals surface area (Å²) < 4.78 is 9.56. The number of esters is 2. The van der Waals surface area contributed by atoms with Crippen molar-refractivity contribution in [2.24, 2.45) is 0 Å². The first-order valence-corrected chi connectivity index (χ1v) is 5.63. The smallest absolute Gasteiger partial charge is 0.338 e. The lowest BCUT2D eigenvalue weighted by Gasteiger charge is -2.17. The van der Waals surface area contributed by atoms with Gasteiger partial charge in [-0.25, -0.2) is 9.59 Å². The van der Waals surface area contributed by atoms with Crippen molar-refractivity contribution in [3.63, 3.8) is 0 Å². The SMILES string of the molecule is COC(=O)c1c(C)c(C)c(C(=O)OC)c(C)c1C. The van der Waals surface area contributed by atoms with Crippen molar-refractivity contribution in [1.29, 1.82) is 0 Å². The van der Waals surface area contributed by atoms with E-state index in [1.807, 2.05) is 0 Å². The standard InChI is InChI=1S/C14H18O4/c1-7-8(2)12(14(16)18-6)10(4)9(3)11(7)13(15)17-5/h1-6H3. The zero-order chi connectivity index (χ0) is 14.0. The third-order valence-corrected chi connectivity index (χ3v) is 3.40. The Morgan fingerprint density at radius 3 is 1.06 bits per heavy atom. The molecule has 0 bridgehead atoms. The third kappa shape index (κ3) is 2.10. The Bertz CT molecular complexity index is 439. The second-order valence-electron chi connectivity index (χ2n) is 4.23. The van der Waals surface area contributed by atoms with E-state index in [0.717, 1.165) is 22.3 Å². The Kier molecular flexibility index (Phi) is 4.11. The van der Waals surface area contributed by atoms with Gasteiger partial charge in [-0.2, -0.15) is 0 Å². The molecule has 0 heterocycles. The molecule has 0 aliphatic heterocycles. The maximum Gasteiger partial charge on any atom is 0.338 e. The van der Waals surface area contributed by atoms with E-state index in [-0.39, 0.29) is 11.9 Å². The van der Waals surface area contributed by atoms with Crippen LogP contribution in [0.5, 0.6) is 0 Å². The number of carbonyl (C=O) groups is 2. The number of rotatable bonds is 2. The molecule has 0 amide bonds. The molecule has 18 heavy (non-hydrogen) atoms. The zero-order valence-electron chi connectivity index (χ0n) is 11.6. The molecule has 4 heteroatoms. The maximum absolute atomic E-state index is 11.8. The molecule has 0 atom stereocenters. The molecular formula is C14H18O4. The topological polar surface area (TPSA) is 52.6 Å². The van der Waals surface area contributed by atoms with Crippen LogP contribution in [0.2, 0.25) is 0 Å². The molecule has 0 radical (unpaired) electrons. The van der Waals surface area contributed by atoms with Crippen molar-refractivity contribution in [2.75, 3.05) is 14.2 Å². The highest BCUT2D eigenvalue weighted by Gasteiger charge is 2.23. The molecule has 1 aromatic rings. The van der Waals surface area contributed by atoms with Gasteiger partial charge in [0, 0.05) is 0 Å². The summed E-state index contributed by atoms with van der Waals surface area (Å²) in [6, 6.07) is 0. The van der Waals surface area contributed by atoms with Crippen molar-refractivity contribution in [3.8, 4) is 0 Å². The van der Waals surface area contributed by atoms with Crippen LogP contribution in [0.1, 0.15) is 43.0 Å². The van der Waals surface area contributed by atoms with Crippen LogP contribution in [-0.4, -0.2) is 26.2 Å². The van der Waals surface area contributed by atoms with Gasteiger partial charge >= 0.3 is 11.9 Å². The highest BCUT2D eigenvalue weighted by Crippen LogP contribution is 2.27. The van der Waals surface area contributed by atoms with Crippen LogP contribution in [0.25, 0.3) is 0 Å². The van der Waals surface area contributed by atoms with Crippen molar-refractivity contribution in [2.45, 2.75) is 27.7 Å². The Labute approximate surface area is 107 Å². The average molecular weight is 250 g/mol. The van der Waals surface area contributed by atoms with Gasteiger partial charge in [-0.1, -0.05) is 0 Å². The minimum absolute atomic E-state index is 0.382. The van der Waals surface area contributed by atoms with E-state index in [2.05, 4.69) is 0 Å². The molecule has 1 rings (SSSR count). The fraction of sp³-hybridized carbons (Fsp3) is 0.429. The lowest BCUT2D eigenvalue weighted by Crippen LogP contribution is -2.15. The van der Waals surface area contributed by atoms with Crippen LogP contribution in [0, 0.1) is 27.7 Å². The second-order valence-corrected chi connectivity index (χ2v) is 4.23. The molecule has 0 unspecified atom stereocenters. The Morgan fingerprint density at radius 2 is 0.889 bits per heavy atom. The van der Waals surface area contributed by atoms with Gasteiger partial charge in [-0.15, -0.1) is 0 Å². The lowest BCUT2D eigenvalue weighted by atomic mass is 9.89. The van der Waals surface area contributed by atoms with Crippen LogP contribution in [-0.2, 0) is 9.47 Å². The average Bonchev–Trinajstić information content (AvgIpc) is 2.36. The van der Waals surface area contributed by atoms with Crippen LogP contribution in [0.3, 0.4) is 0 Å². The molecule has 0 spiro atoms. The Balaban J connectivity index is 3.66. The summed E-state index contributed by atoms with van der Waals surface area (Å²) in [6.07, 6.45) is 0. The molecule has 0 saturated carbocycles. The van der Waals surface area contributed by atoms with Crippen molar-refractivity contribution in [3.05, 3.63) is 33.4 Å². The van der Waals surface area contributed by atoms with Gasteiger partial charge in [-0.3, -0.25) is 0 Å². The summed E-state index contributed by atoms with van der Waals surface area (Å²) in [6.45, 7) is 7.22. The van der Waals surface area contributed by atoms with Gasteiger partial charge in [0.15, 0.2) is 0 Å². The maximum atomic E-state index is 11.8. The fourth-order valence-corrected chi connectivity index (χ4v) is 2.13. The van der Waals surface area contributed by atoms with Gasteiger partial charge in [-0.05, 0) is 49.9 Å². The molecule has 4 nitrogen and oxygen atoms in total. The minimum atomic E-state index is -0.382. The molecule has 98 valence electrons. The minimum Gasteiger partial charge on any atom is -0.465 e. The molecule has 1 aromatic carbocycles. The van der Waals surface area contributed by atoms with E-state index in [1.54, 1.807) is 27.7 Å². The van der Waals surface area contributed by atoms with E-state index in [4.69, 9.17) is 9.47 Å². The summed E-state index contributed by atoms with van der Waals surface area (Å²) in [5.74, 6) is -0.764. The van der Waals surface area contributed by atoms with Gasteiger partial charge in [0.25, 0.3) is 0 Å². The quantitative estimate of drug-likeness (QED) is 0.757. The van der Waals surface area contributed by atoms with E-state index in [1.165, 1.54) is 14.2 Å². The number of benzene rings is 1. The summed E-state index contributed by atoms with van der Waals surface area (Å²) in [4.78, 5) is 23.5. The first kappa shape index (κ1) is 14.2. The predicted molar refractivity (Wildman–Crippen MR) is 68.1 cm³/mol. The number of carbonyl (C=O) groups excluding carboxylic acids is 2.